The van der Waals surface area contributed by atoms with Crippen LogP contribution in [0.2, 0.25) is 17.3 Å². The van der Waals surface area contributed by atoms with Crippen molar-refractivity contribution in [2.24, 2.45) is 13.0 Å². The summed E-state index contributed by atoms with van der Waals surface area (Å²) >= 11 is -1.93. The molecule has 27 heavy (non-hydrogen) atoms. The van der Waals surface area contributed by atoms with Gasteiger partial charge in [-0.05, 0) is 0 Å². The molecule has 0 N–H and O–H groups in total. The van der Waals surface area contributed by atoms with Crippen LogP contribution in [0.1, 0.15) is 63.1 Å². The molecule has 0 spiro atoms. The molecule has 0 amide bonds. The van der Waals surface area contributed by atoms with E-state index in [2.05, 4.69) is 94.0 Å². The first-order chi connectivity index (χ1) is 12.6. The molecular formula is C25H40GeN+. The maximum atomic E-state index is 2.52. The van der Waals surface area contributed by atoms with Crippen LogP contribution in [0, 0.1) is 12.8 Å². The summed E-state index contributed by atoms with van der Waals surface area (Å²) in [6.07, 6.45) is 6.07. The predicted octanol–water partition coefficient (Wildman–Crippen LogP) is 6.13. The van der Waals surface area contributed by atoms with E-state index in [4.69, 9.17) is 0 Å². The standard InChI is InChI=1S/C25H40GeN/c1-10-21(11-2)23-16-25(27(9)17-24(23)26(6,7)8)22-13-12-20(14-18(3)4)15-19(22)5/h12-13,15-18,21H,10-11,14H2,1-9H3/q+1. The zero-order valence-electron chi connectivity index (χ0n) is 19.1. The Labute approximate surface area is 170 Å². The molecule has 0 aliphatic heterocycles. The summed E-state index contributed by atoms with van der Waals surface area (Å²) in [5.41, 5.74) is 7.21. The van der Waals surface area contributed by atoms with E-state index in [9.17, 15) is 0 Å². The van der Waals surface area contributed by atoms with E-state index in [-0.39, 0.29) is 0 Å². The normalized spacial score (nSPS) is 12.3. The fourth-order valence-corrected chi connectivity index (χ4v) is 7.85. The van der Waals surface area contributed by atoms with Crippen LogP contribution in [-0.2, 0) is 13.5 Å². The number of benzene rings is 1. The summed E-state index contributed by atoms with van der Waals surface area (Å²) in [7, 11) is 2.23. The minimum absolute atomic E-state index is 0.672. The number of pyridine rings is 1. The van der Waals surface area contributed by atoms with E-state index in [0.29, 0.717) is 11.8 Å². The van der Waals surface area contributed by atoms with Crippen molar-refractivity contribution in [3.05, 3.63) is 47.2 Å². The topological polar surface area (TPSA) is 3.88 Å². The Morgan fingerprint density at radius 3 is 2.11 bits per heavy atom. The minimum atomic E-state index is -1.93. The van der Waals surface area contributed by atoms with Crippen molar-refractivity contribution in [3.8, 4) is 11.3 Å². The summed E-state index contributed by atoms with van der Waals surface area (Å²) in [5.74, 6) is 8.93. The third-order valence-electron chi connectivity index (χ3n) is 5.75. The van der Waals surface area contributed by atoms with Gasteiger partial charge < -0.3 is 0 Å². The van der Waals surface area contributed by atoms with Crippen molar-refractivity contribution in [2.45, 2.75) is 77.1 Å². The monoisotopic (exact) mass is 428 g/mol. The van der Waals surface area contributed by atoms with Crippen molar-refractivity contribution in [1.82, 2.24) is 0 Å². The Balaban J connectivity index is 2.62. The second kappa shape index (κ2) is 8.94. The number of aryl methyl sites for hydroxylation is 2. The summed E-state index contributed by atoms with van der Waals surface area (Å²) in [4.78, 5) is 0. The van der Waals surface area contributed by atoms with Gasteiger partial charge in [-0.25, -0.2) is 0 Å². The van der Waals surface area contributed by atoms with Gasteiger partial charge in [0, 0.05) is 0 Å². The van der Waals surface area contributed by atoms with Gasteiger partial charge in [-0.1, -0.05) is 0 Å². The Morgan fingerprint density at radius 2 is 1.63 bits per heavy atom. The van der Waals surface area contributed by atoms with Crippen molar-refractivity contribution < 1.29 is 4.57 Å². The Bertz CT molecular complexity index is 780. The third-order valence-corrected chi connectivity index (χ3v) is 10.0. The van der Waals surface area contributed by atoms with Gasteiger partial charge in [-0.15, -0.1) is 0 Å². The second-order valence-electron chi connectivity index (χ2n) is 9.65. The molecule has 0 aliphatic carbocycles. The number of rotatable bonds is 7. The molecule has 0 fully saturated rings. The maximum absolute atomic E-state index is 2.52. The van der Waals surface area contributed by atoms with Crippen LogP contribution in [0.3, 0.4) is 0 Å². The van der Waals surface area contributed by atoms with Crippen LogP contribution >= 0.6 is 0 Å². The van der Waals surface area contributed by atoms with Gasteiger partial charge in [0.25, 0.3) is 0 Å². The molecule has 0 unspecified atom stereocenters. The van der Waals surface area contributed by atoms with Crippen LogP contribution in [0.25, 0.3) is 11.3 Å². The average Bonchev–Trinajstić information content (AvgIpc) is 2.56. The van der Waals surface area contributed by atoms with Crippen LogP contribution in [0.5, 0.6) is 0 Å². The van der Waals surface area contributed by atoms with Gasteiger partial charge in [-0.3, -0.25) is 0 Å². The van der Waals surface area contributed by atoms with E-state index in [1.54, 1.807) is 9.96 Å². The molecular weight excluding hydrogens is 387 g/mol. The number of aromatic nitrogens is 1. The van der Waals surface area contributed by atoms with Gasteiger partial charge in [0.05, 0.1) is 0 Å². The van der Waals surface area contributed by atoms with E-state index < -0.39 is 13.3 Å². The third kappa shape index (κ3) is 5.25. The molecule has 0 saturated heterocycles. The first-order valence-electron chi connectivity index (χ1n) is 10.7. The number of hydrogen-bond acceptors (Lipinski definition) is 0. The summed E-state index contributed by atoms with van der Waals surface area (Å²) in [5, 5.41) is 0. The molecule has 2 aromatic rings. The number of nitrogens with zero attached hydrogens (tertiary/aromatic N) is 1. The van der Waals surface area contributed by atoms with E-state index in [0.717, 1.165) is 6.42 Å². The van der Waals surface area contributed by atoms with E-state index in [1.165, 1.54) is 35.2 Å². The average molecular weight is 427 g/mol. The molecule has 1 aromatic carbocycles. The van der Waals surface area contributed by atoms with Crippen LogP contribution in [0.15, 0.2) is 30.5 Å². The molecule has 0 atom stereocenters. The molecule has 0 aliphatic rings. The summed E-state index contributed by atoms with van der Waals surface area (Å²) in [6, 6.07) is 9.58. The number of hydrogen-bond donors (Lipinski definition) is 0. The van der Waals surface area contributed by atoms with Crippen molar-refractivity contribution >= 4 is 17.7 Å². The van der Waals surface area contributed by atoms with Gasteiger partial charge >= 0.3 is 171 Å². The van der Waals surface area contributed by atoms with Crippen LogP contribution in [-0.4, -0.2) is 13.3 Å². The molecule has 0 radical (unpaired) electrons. The zero-order valence-corrected chi connectivity index (χ0v) is 21.2. The quantitative estimate of drug-likeness (QED) is 0.370. The molecule has 2 heteroatoms. The van der Waals surface area contributed by atoms with Crippen molar-refractivity contribution in [3.63, 3.8) is 0 Å². The molecule has 1 heterocycles. The van der Waals surface area contributed by atoms with Gasteiger partial charge in [0.1, 0.15) is 0 Å². The second-order valence-corrected chi connectivity index (χ2v) is 20.2. The first-order valence-corrected chi connectivity index (χ1v) is 18.1. The predicted molar refractivity (Wildman–Crippen MR) is 123 cm³/mol. The molecule has 0 bridgehead atoms. The Hall–Kier alpha value is -1.09. The van der Waals surface area contributed by atoms with Gasteiger partial charge in [-0.2, -0.15) is 0 Å². The van der Waals surface area contributed by atoms with Crippen LogP contribution < -0.4 is 8.96 Å². The summed E-state index contributed by atoms with van der Waals surface area (Å²) < 4.78 is 4.05. The summed E-state index contributed by atoms with van der Waals surface area (Å²) in [6.45, 7) is 11.5. The Morgan fingerprint density at radius 1 is 1.00 bits per heavy atom. The fourth-order valence-electron chi connectivity index (χ4n) is 4.24. The zero-order chi connectivity index (χ0) is 20.4. The Kier molecular flexibility index (Phi) is 7.35. The van der Waals surface area contributed by atoms with E-state index in [1.807, 2.05) is 0 Å². The van der Waals surface area contributed by atoms with Crippen LogP contribution in [0.4, 0.5) is 0 Å². The van der Waals surface area contributed by atoms with Gasteiger partial charge in [0.2, 0.25) is 0 Å². The molecule has 0 saturated carbocycles. The molecule has 148 valence electrons. The fraction of sp³-hybridized carbons (Fsp3) is 0.560. The first kappa shape index (κ1) is 22.2. The molecule has 1 aromatic heterocycles. The van der Waals surface area contributed by atoms with Crippen molar-refractivity contribution in [1.29, 1.82) is 0 Å². The van der Waals surface area contributed by atoms with E-state index >= 15 is 0 Å². The van der Waals surface area contributed by atoms with Gasteiger partial charge in [0.15, 0.2) is 0 Å². The molecule has 1 nitrogen and oxygen atoms in total. The van der Waals surface area contributed by atoms with Crippen molar-refractivity contribution in [2.75, 3.05) is 0 Å². The molecule has 2 rings (SSSR count). The SMILES string of the molecule is CCC(CC)c1cc(-c2ccc(CC(C)C)cc2C)[n+](C)c[c]1[Ge]([CH3])([CH3])[CH3].